The van der Waals surface area contributed by atoms with Crippen molar-refractivity contribution >= 4 is 5.91 Å². The summed E-state index contributed by atoms with van der Waals surface area (Å²) >= 11 is 0. The van der Waals surface area contributed by atoms with Crippen molar-refractivity contribution in [3.8, 4) is 11.3 Å². The maximum absolute atomic E-state index is 13.0. The molecule has 1 aliphatic rings. The summed E-state index contributed by atoms with van der Waals surface area (Å²) in [7, 11) is 3.22. The average Bonchev–Trinajstić information content (AvgIpc) is 3.34. The van der Waals surface area contributed by atoms with Crippen LogP contribution in [0.2, 0.25) is 0 Å². The van der Waals surface area contributed by atoms with E-state index in [4.69, 9.17) is 14.2 Å². The van der Waals surface area contributed by atoms with Crippen molar-refractivity contribution in [1.82, 2.24) is 19.9 Å². The van der Waals surface area contributed by atoms with E-state index in [0.717, 1.165) is 36.1 Å². The van der Waals surface area contributed by atoms with Crippen LogP contribution in [0.25, 0.3) is 11.3 Å². The van der Waals surface area contributed by atoms with E-state index in [1.54, 1.807) is 25.0 Å². The highest BCUT2D eigenvalue weighted by atomic mass is 16.7. The van der Waals surface area contributed by atoms with Crippen LogP contribution in [0.1, 0.15) is 44.1 Å². The number of hydrogen-bond acceptors (Lipinski definition) is 6. The zero-order valence-electron chi connectivity index (χ0n) is 20.5. The van der Waals surface area contributed by atoms with Crippen LogP contribution in [0.3, 0.4) is 0 Å². The van der Waals surface area contributed by atoms with Gasteiger partial charge in [-0.05, 0) is 30.9 Å². The fourth-order valence-electron chi connectivity index (χ4n) is 4.39. The Balaban J connectivity index is 1.46. The molecule has 8 nitrogen and oxygen atoms in total. The first-order valence-electron chi connectivity index (χ1n) is 12.2. The summed E-state index contributed by atoms with van der Waals surface area (Å²) in [6.07, 6.45) is 10.1. The molecule has 34 heavy (non-hydrogen) atoms. The van der Waals surface area contributed by atoms with E-state index in [-0.39, 0.29) is 11.9 Å². The molecule has 0 unspecified atom stereocenters. The van der Waals surface area contributed by atoms with Crippen LogP contribution in [0.5, 0.6) is 0 Å². The molecule has 1 aliphatic carbocycles. The highest BCUT2D eigenvalue weighted by molar-refractivity contribution is 5.76. The van der Waals surface area contributed by atoms with Gasteiger partial charge in [-0.1, -0.05) is 48.8 Å². The molecule has 3 rings (SSSR count). The molecule has 0 spiro atoms. The van der Waals surface area contributed by atoms with Crippen LogP contribution in [0.4, 0.5) is 0 Å². The van der Waals surface area contributed by atoms with E-state index in [2.05, 4.69) is 29.0 Å². The molecule has 0 radical (unpaired) electrons. The fourth-order valence-corrected chi connectivity index (χ4v) is 4.39. The minimum atomic E-state index is -0.405. The zero-order chi connectivity index (χ0) is 24.2. The van der Waals surface area contributed by atoms with Crippen molar-refractivity contribution in [2.75, 3.05) is 34.0 Å². The number of rotatable bonds is 14. The maximum atomic E-state index is 13.0. The fraction of sp³-hybridized carbons (Fsp3) is 0.577. The lowest BCUT2D eigenvalue weighted by molar-refractivity contribution is -0.151. The smallest absolute Gasteiger partial charge is 0.225 e. The van der Waals surface area contributed by atoms with Crippen LogP contribution in [0, 0.1) is 0 Å². The number of aromatic nitrogens is 3. The lowest BCUT2D eigenvalue weighted by Crippen LogP contribution is -2.46. The lowest BCUT2D eigenvalue weighted by atomic mass is 9.94. The standard InChI is InChI=1S/C26H38N4O4/c1-4-15-29-19-24(27-28-29)22-10-8-9-21(18-22)13-16-34-17-14-25(31)30(20-26(32-2)33-3)23-11-6-5-7-12-23/h4,8-10,18-19,23,26H,1,5-7,11-17,20H2,2-3H3. The first kappa shape index (κ1) is 26.1. The van der Waals surface area contributed by atoms with Crippen molar-refractivity contribution in [3.05, 3.63) is 48.7 Å². The molecule has 0 bridgehead atoms. The Morgan fingerprint density at radius 3 is 2.76 bits per heavy atom. The highest BCUT2D eigenvalue weighted by Gasteiger charge is 2.27. The van der Waals surface area contributed by atoms with Crippen molar-refractivity contribution in [2.24, 2.45) is 0 Å². The van der Waals surface area contributed by atoms with Crippen LogP contribution >= 0.6 is 0 Å². The van der Waals surface area contributed by atoms with Gasteiger partial charge in [-0.25, -0.2) is 4.68 Å². The molecule has 2 aromatic rings. The monoisotopic (exact) mass is 470 g/mol. The molecule has 186 valence electrons. The van der Waals surface area contributed by atoms with Crippen molar-refractivity contribution < 1.29 is 19.0 Å². The highest BCUT2D eigenvalue weighted by Crippen LogP contribution is 2.24. The van der Waals surface area contributed by atoms with Gasteiger partial charge in [0.2, 0.25) is 5.91 Å². The number of nitrogens with zero attached hydrogens (tertiary/aromatic N) is 4. The predicted molar refractivity (Wildman–Crippen MR) is 131 cm³/mol. The molecule has 1 aromatic carbocycles. The average molecular weight is 471 g/mol. The van der Waals surface area contributed by atoms with E-state index >= 15 is 0 Å². The second-order valence-electron chi connectivity index (χ2n) is 8.67. The topological polar surface area (TPSA) is 78.7 Å². The lowest BCUT2D eigenvalue weighted by Gasteiger charge is -2.36. The molecule has 0 atom stereocenters. The second kappa shape index (κ2) is 14.0. The Labute approximate surface area is 202 Å². The van der Waals surface area contributed by atoms with Crippen molar-refractivity contribution in [3.63, 3.8) is 0 Å². The summed E-state index contributed by atoms with van der Waals surface area (Å²) in [6, 6.07) is 8.49. The number of methoxy groups -OCH3 is 2. The summed E-state index contributed by atoms with van der Waals surface area (Å²) in [4.78, 5) is 15.0. The van der Waals surface area contributed by atoms with Gasteiger partial charge < -0.3 is 19.1 Å². The maximum Gasteiger partial charge on any atom is 0.225 e. The Bertz CT molecular complexity index is 890. The summed E-state index contributed by atoms with van der Waals surface area (Å²) in [5.41, 5.74) is 3.02. The summed E-state index contributed by atoms with van der Waals surface area (Å²) in [6.45, 7) is 5.78. The van der Waals surface area contributed by atoms with Crippen LogP contribution < -0.4 is 0 Å². The molecule has 1 aromatic heterocycles. The number of benzene rings is 1. The SMILES string of the molecule is C=CCn1cc(-c2cccc(CCOCCC(=O)N(CC(OC)OC)C3CCCCC3)c2)nn1. The Hall–Kier alpha value is -2.55. The third-order valence-electron chi connectivity index (χ3n) is 6.28. The second-order valence-corrected chi connectivity index (χ2v) is 8.67. The van der Waals surface area contributed by atoms with Gasteiger partial charge in [0.05, 0.1) is 38.9 Å². The Morgan fingerprint density at radius 2 is 2.03 bits per heavy atom. The summed E-state index contributed by atoms with van der Waals surface area (Å²) < 4.78 is 18.3. The zero-order valence-corrected chi connectivity index (χ0v) is 20.5. The van der Waals surface area contributed by atoms with Gasteiger partial charge in [-0.15, -0.1) is 11.7 Å². The van der Waals surface area contributed by atoms with E-state index in [0.29, 0.717) is 32.7 Å². The molecule has 8 heteroatoms. The molecule has 0 aliphatic heterocycles. The van der Waals surface area contributed by atoms with E-state index < -0.39 is 6.29 Å². The predicted octanol–water partition coefficient (Wildman–Crippen LogP) is 3.86. The van der Waals surface area contributed by atoms with Gasteiger partial charge in [-0.3, -0.25) is 4.79 Å². The minimum absolute atomic E-state index is 0.107. The van der Waals surface area contributed by atoms with Crippen LogP contribution in [-0.4, -0.2) is 72.1 Å². The minimum Gasteiger partial charge on any atom is -0.381 e. The third kappa shape index (κ3) is 7.75. The van der Waals surface area contributed by atoms with E-state index in [9.17, 15) is 4.79 Å². The number of carbonyl (C=O) groups excluding carboxylic acids is 1. The van der Waals surface area contributed by atoms with Gasteiger partial charge in [0.1, 0.15) is 5.69 Å². The Morgan fingerprint density at radius 1 is 1.24 bits per heavy atom. The molecule has 1 fully saturated rings. The number of hydrogen-bond donors (Lipinski definition) is 0. The van der Waals surface area contributed by atoms with Crippen LogP contribution in [-0.2, 0) is 32.0 Å². The number of allylic oxidation sites excluding steroid dienone is 1. The quantitative estimate of drug-likeness (QED) is 0.237. The molecular formula is C26H38N4O4. The van der Waals surface area contributed by atoms with Gasteiger partial charge in [0.15, 0.2) is 6.29 Å². The Kier molecular flexibility index (Phi) is 10.7. The van der Waals surface area contributed by atoms with Gasteiger partial charge in [-0.2, -0.15) is 0 Å². The first-order valence-corrected chi connectivity index (χ1v) is 12.2. The summed E-state index contributed by atoms with van der Waals surface area (Å²) in [5.74, 6) is 0.107. The molecular weight excluding hydrogens is 432 g/mol. The molecule has 1 amide bonds. The van der Waals surface area contributed by atoms with Crippen molar-refractivity contribution in [2.45, 2.75) is 63.8 Å². The molecule has 0 saturated heterocycles. The summed E-state index contributed by atoms with van der Waals surface area (Å²) in [5, 5.41) is 8.35. The van der Waals surface area contributed by atoms with E-state index in [1.165, 1.54) is 19.3 Å². The number of amides is 1. The normalized spacial score (nSPS) is 14.4. The van der Waals surface area contributed by atoms with Gasteiger partial charge >= 0.3 is 0 Å². The molecule has 0 N–H and O–H groups in total. The van der Waals surface area contributed by atoms with E-state index in [1.807, 2.05) is 23.2 Å². The number of ether oxygens (including phenoxy) is 3. The van der Waals surface area contributed by atoms with Crippen LogP contribution in [0.15, 0.2) is 43.1 Å². The van der Waals surface area contributed by atoms with Gasteiger partial charge in [0.25, 0.3) is 0 Å². The van der Waals surface area contributed by atoms with Gasteiger partial charge in [0, 0.05) is 25.8 Å². The third-order valence-corrected chi connectivity index (χ3v) is 6.28. The number of carbonyl (C=O) groups is 1. The molecule has 1 heterocycles. The largest absolute Gasteiger partial charge is 0.381 e. The molecule has 1 saturated carbocycles. The van der Waals surface area contributed by atoms with Crippen molar-refractivity contribution in [1.29, 1.82) is 0 Å². The first-order chi connectivity index (χ1) is 16.6.